The predicted octanol–water partition coefficient (Wildman–Crippen LogP) is 4.46. The Morgan fingerprint density at radius 3 is 2.52 bits per heavy atom. The molecule has 1 N–H and O–H groups in total. The van der Waals surface area contributed by atoms with Crippen LogP contribution in [0.4, 0.5) is 0 Å². The third-order valence-corrected chi connectivity index (χ3v) is 7.72. The van der Waals surface area contributed by atoms with Gasteiger partial charge in [-0.1, -0.05) is 44.2 Å². The molecule has 4 rings (SSSR count). The van der Waals surface area contributed by atoms with Gasteiger partial charge in [-0.15, -0.1) is 0 Å². The second kappa shape index (κ2) is 7.76. The molecule has 6 heteroatoms. The molecule has 29 heavy (non-hydrogen) atoms. The first kappa shape index (κ1) is 19.9. The molecule has 0 amide bonds. The first-order chi connectivity index (χ1) is 14.0. The van der Waals surface area contributed by atoms with Crippen LogP contribution in [0.5, 0.6) is 0 Å². The number of fused-ring (bicyclic) bond motifs is 3. The molecular formula is C23H26N2O3S. The second-order valence-corrected chi connectivity index (χ2v) is 9.44. The average molecular weight is 411 g/mol. The highest BCUT2D eigenvalue weighted by atomic mass is 32.2. The van der Waals surface area contributed by atoms with Crippen molar-refractivity contribution in [3.8, 4) is 0 Å². The van der Waals surface area contributed by atoms with Gasteiger partial charge in [0.15, 0.2) is 5.78 Å². The van der Waals surface area contributed by atoms with Crippen molar-refractivity contribution < 1.29 is 13.2 Å². The molecule has 0 bridgehead atoms. The van der Waals surface area contributed by atoms with Crippen LogP contribution in [0.3, 0.4) is 0 Å². The fourth-order valence-electron chi connectivity index (χ4n) is 4.19. The topological polar surface area (TPSA) is 70.2 Å². The summed E-state index contributed by atoms with van der Waals surface area (Å²) in [7, 11) is -3.67. The highest BCUT2D eigenvalue weighted by Crippen LogP contribution is 2.33. The lowest BCUT2D eigenvalue weighted by Gasteiger charge is -2.22. The van der Waals surface area contributed by atoms with Crippen molar-refractivity contribution in [3.05, 3.63) is 64.8 Å². The van der Waals surface area contributed by atoms with Crippen LogP contribution in [0.2, 0.25) is 0 Å². The lowest BCUT2D eigenvalue weighted by atomic mass is 9.94. The van der Waals surface area contributed by atoms with Crippen LogP contribution in [-0.2, 0) is 29.4 Å². The van der Waals surface area contributed by atoms with Crippen LogP contribution in [0.25, 0.3) is 10.9 Å². The zero-order valence-electron chi connectivity index (χ0n) is 16.9. The number of hydrogen-bond donors (Lipinski definition) is 1. The number of sulfonamides is 1. The molecular weight excluding hydrogens is 384 g/mol. The van der Waals surface area contributed by atoms with Gasteiger partial charge in [0.1, 0.15) is 0 Å². The van der Waals surface area contributed by atoms with Gasteiger partial charge >= 0.3 is 0 Å². The molecule has 2 aromatic carbocycles. The van der Waals surface area contributed by atoms with Crippen LogP contribution in [0.15, 0.2) is 47.4 Å². The maximum absolute atomic E-state index is 13.5. The van der Waals surface area contributed by atoms with E-state index in [1.54, 1.807) is 6.07 Å². The number of aryl methyl sites for hydroxylation is 2. The Hall–Kier alpha value is -2.44. The van der Waals surface area contributed by atoms with Gasteiger partial charge in [-0.05, 0) is 42.5 Å². The molecule has 0 aliphatic heterocycles. The lowest BCUT2D eigenvalue weighted by molar-refractivity contribution is 0.0974. The van der Waals surface area contributed by atoms with E-state index in [9.17, 15) is 13.2 Å². The van der Waals surface area contributed by atoms with Gasteiger partial charge in [0.25, 0.3) is 0 Å². The van der Waals surface area contributed by atoms with E-state index >= 15 is 0 Å². The summed E-state index contributed by atoms with van der Waals surface area (Å²) in [6, 6.07) is 13.3. The minimum Gasteiger partial charge on any atom is -0.358 e. The summed E-state index contributed by atoms with van der Waals surface area (Å²) in [4.78, 5) is 16.1. The van der Waals surface area contributed by atoms with Gasteiger partial charge in [0, 0.05) is 41.7 Å². The summed E-state index contributed by atoms with van der Waals surface area (Å²) in [5.74, 6) is 0.148. The molecule has 1 aromatic heterocycles. The second-order valence-electron chi connectivity index (χ2n) is 7.53. The Balaban J connectivity index is 1.82. The summed E-state index contributed by atoms with van der Waals surface area (Å²) in [5, 5.41) is 0.853. The van der Waals surface area contributed by atoms with Crippen molar-refractivity contribution in [1.82, 2.24) is 9.29 Å². The molecule has 1 aliphatic carbocycles. The van der Waals surface area contributed by atoms with Crippen LogP contribution < -0.4 is 0 Å². The van der Waals surface area contributed by atoms with Crippen LogP contribution in [-0.4, -0.2) is 30.0 Å². The summed E-state index contributed by atoms with van der Waals surface area (Å²) >= 11 is 0. The van der Waals surface area contributed by atoms with Crippen molar-refractivity contribution in [2.45, 2.75) is 51.0 Å². The van der Waals surface area contributed by atoms with Crippen molar-refractivity contribution in [2.24, 2.45) is 0 Å². The van der Waals surface area contributed by atoms with Gasteiger partial charge in [-0.25, -0.2) is 8.42 Å². The Labute approximate surface area is 171 Å². The molecule has 5 nitrogen and oxygen atoms in total. The Morgan fingerprint density at radius 1 is 1.07 bits per heavy atom. The largest absolute Gasteiger partial charge is 0.358 e. The van der Waals surface area contributed by atoms with Crippen molar-refractivity contribution in [1.29, 1.82) is 0 Å². The number of Topliss-reactive ketones (excluding diaryl/α,β-unsaturated/α-hetero) is 1. The SMILES string of the molecule is CCc1cc2c3c([nH]c2cc1S(=O)(=O)N(CC)Cc1ccccc1)CCCC3=O. The lowest BCUT2D eigenvalue weighted by Crippen LogP contribution is -2.31. The highest BCUT2D eigenvalue weighted by Gasteiger charge is 2.29. The molecule has 0 fully saturated rings. The predicted molar refractivity (Wildman–Crippen MR) is 115 cm³/mol. The van der Waals surface area contributed by atoms with Crippen LogP contribution >= 0.6 is 0 Å². The van der Waals surface area contributed by atoms with E-state index in [-0.39, 0.29) is 5.78 Å². The van der Waals surface area contributed by atoms with Gasteiger partial charge in [-0.3, -0.25) is 4.79 Å². The Morgan fingerprint density at radius 2 is 1.83 bits per heavy atom. The van der Waals surface area contributed by atoms with E-state index in [1.807, 2.05) is 50.2 Å². The van der Waals surface area contributed by atoms with E-state index < -0.39 is 10.0 Å². The number of hydrogen-bond acceptors (Lipinski definition) is 3. The molecule has 1 aliphatic rings. The first-order valence-electron chi connectivity index (χ1n) is 10.2. The first-order valence-corrected chi connectivity index (χ1v) is 11.6. The van der Waals surface area contributed by atoms with E-state index in [4.69, 9.17) is 0 Å². The van der Waals surface area contributed by atoms with Crippen molar-refractivity contribution in [2.75, 3.05) is 6.54 Å². The molecule has 152 valence electrons. The highest BCUT2D eigenvalue weighted by molar-refractivity contribution is 7.89. The fourth-order valence-corrected chi connectivity index (χ4v) is 5.93. The number of carbonyl (C=O) groups excluding carboxylic acids is 1. The Bertz CT molecular complexity index is 1160. The molecule has 3 aromatic rings. The zero-order valence-corrected chi connectivity index (χ0v) is 17.7. The monoisotopic (exact) mass is 410 g/mol. The standard InChI is InChI=1S/C23H26N2O3S/c1-3-17-13-18-20(24-19-11-8-12-21(26)23(18)19)14-22(17)29(27,28)25(4-2)15-16-9-6-5-7-10-16/h5-7,9-10,13-14,24H,3-4,8,11-12,15H2,1-2H3. The normalized spacial score (nSPS) is 14.5. The van der Waals surface area contributed by atoms with Crippen molar-refractivity contribution in [3.63, 3.8) is 0 Å². The van der Waals surface area contributed by atoms with E-state index in [0.29, 0.717) is 30.8 Å². The number of H-pyrrole nitrogens is 1. The molecule has 0 atom stereocenters. The third-order valence-electron chi connectivity index (χ3n) is 5.72. The molecule has 0 unspecified atom stereocenters. The number of nitrogens with one attached hydrogen (secondary N) is 1. The molecule has 0 spiro atoms. The van der Waals surface area contributed by atoms with Gasteiger partial charge in [0.05, 0.1) is 4.90 Å². The smallest absolute Gasteiger partial charge is 0.243 e. The van der Waals surface area contributed by atoms with E-state index in [2.05, 4.69) is 4.98 Å². The van der Waals surface area contributed by atoms with Gasteiger partial charge in [0.2, 0.25) is 10.0 Å². The van der Waals surface area contributed by atoms with Crippen molar-refractivity contribution >= 4 is 26.7 Å². The molecule has 0 saturated carbocycles. The van der Waals surface area contributed by atoms with Gasteiger partial charge < -0.3 is 4.98 Å². The number of aromatic nitrogens is 1. The zero-order chi connectivity index (χ0) is 20.6. The number of rotatable bonds is 6. The summed E-state index contributed by atoms with van der Waals surface area (Å²) in [6.07, 6.45) is 2.81. The van der Waals surface area contributed by atoms with Crippen LogP contribution in [0, 0.1) is 0 Å². The maximum Gasteiger partial charge on any atom is 0.243 e. The third kappa shape index (κ3) is 3.51. The summed E-state index contributed by atoms with van der Waals surface area (Å²) in [5.41, 5.74) is 4.13. The minimum absolute atomic E-state index is 0.148. The van der Waals surface area contributed by atoms with Gasteiger partial charge in [-0.2, -0.15) is 4.31 Å². The quantitative estimate of drug-likeness (QED) is 0.652. The minimum atomic E-state index is -3.67. The molecule has 0 saturated heterocycles. The number of nitrogens with zero attached hydrogens (tertiary/aromatic N) is 1. The Kier molecular flexibility index (Phi) is 5.32. The van der Waals surface area contributed by atoms with Crippen LogP contribution in [0.1, 0.15) is 53.9 Å². The van der Waals surface area contributed by atoms with E-state index in [1.165, 1.54) is 4.31 Å². The number of ketones is 1. The van der Waals surface area contributed by atoms with E-state index in [0.717, 1.165) is 46.1 Å². The fraction of sp³-hybridized carbons (Fsp3) is 0.348. The number of carbonyl (C=O) groups is 1. The molecule has 0 radical (unpaired) electrons. The summed E-state index contributed by atoms with van der Waals surface area (Å²) < 4.78 is 28.6. The number of benzene rings is 2. The summed E-state index contributed by atoms with van der Waals surface area (Å²) in [6.45, 7) is 4.53. The molecule has 1 heterocycles. The number of aromatic amines is 1. The average Bonchev–Trinajstić information content (AvgIpc) is 3.10. The maximum atomic E-state index is 13.5.